The van der Waals surface area contributed by atoms with Gasteiger partial charge in [0.15, 0.2) is 5.82 Å². The van der Waals surface area contributed by atoms with Crippen LogP contribution in [-0.2, 0) is 5.75 Å². The summed E-state index contributed by atoms with van der Waals surface area (Å²) in [6.45, 7) is 0. The fourth-order valence-corrected chi connectivity index (χ4v) is 5.63. The van der Waals surface area contributed by atoms with Crippen LogP contribution in [0.2, 0.25) is 0 Å². The Balaban J connectivity index is 1.48. The van der Waals surface area contributed by atoms with Gasteiger partial charge in [-0.3, -0.25) is 9.36 Å². The van der Waals surface area contributed by atoms with E-state index in [0.717, 1.165) is 30.7 Å². The minimum Gasteiger partial charge on any atom is -0.268 e. The molecule has 36 heavy (non-hydrogen) atoms. The summed E-state index contributed by atoms with van der Waals surface area (Å²) < 4.78 is 2.77. The van der Waals surface area contributed by atoms with E-state index in [1.54, 1.807) is 16.3 Å². The van der Waals surface area contributed by atoms with Gasteiger partial charge in [0.2, 0.25) is 0 Å². The standard InChI is InChI=1S/C29H19IN4OS/c30-20-11-8-12-21(17-20)34-26(31-25-16-7-5-14-23(25)29(34)35)18-36-28-22-13-4-6-15-24(22)32-27(33-28)19-9-2-1-3-10-19/h1-17H,18H2. The molecule has 0 aliphatic rings. The van der Waals surface area contributed by atoms with E-state index >= 15 is 0 Å². The number of nitrogens with zero attached hydrogens (tertiary/aromatic N) is 4. The van der Waals surface area contributed by atoms with Crippen molar-refractivity contribution in [2.75, 3.05) is 0 Å². The summed E-state index contributed by atoms with van der Waals surface area (Å²) in [5.74, 6) is 1.83. The number of rotatable bonds is 5. The van der Waals surface area contributed by atoms with Crippen molar-refractivity contribution < 1.29 is 0 Å². The lowest BCUT2D eigenvalue weighted by molar-refractivity contribution is 0.882. The molecule has 0 saturated carbocycles. The van der Waals surface area contributed by atoms with Crippen molar-refractivity contribution >= 4 is 56.2 Å². The maximum Gasteiger partial charge on any atom is 0.265 e. The number of para-hydroxylation sites is 2. The van der Waals surface area contributed by atoms with Gasteiger partial charge < -0.3 is 0 Å². The second kappa shape index (κ2) is 9.83. The molecule has 0 unspecified atom stereocenters. The van der Waals surface area contributed by atoms with E-state index in [-0.39, 0.29) is 5.56 Å². The average Bonchev–Trinajstić information content (AvgIpc) is 2.92. The van der Waals surface area contributed by atoms with Gasteiger partial charge in [-0.15, -0.1) is 0 Å². The molecule has 7 heteroatoms. The Morgan fingerprint density at radius 1 is 0.722 bits per heavy atom. The number of thioether (sulfide) groups is 1. The topological polar surface area (TPSA) is 60.7 Å². The molecule has 5 nitrogen and oxygen atoms in total. The lowest BCUT2D eigenvalue weighted by Gasteiger charge is -2.14. The second-order valence-electron chi connectivity index (χ2n) is 8.19. The molecular weight excluding hydrogens is 579 g/mol. The fourth-order valence-electron chi connectivity index (χ4n) is 4.16. The van der Waals surface area contributed by atoms with Gasteiger partial charge in [0.05, 0.1) is 27.9 Å². The smallest absolute Gasteiger partial charge is 0.265 e. The quantitative estimate of drug-likeness (QED) is 0.123. The van der Waals surface area contributed by atoms with Gasteiger partial charge in [-0.05, 0) is 59.0 Å². The minimum absolute atomic E-state index is 0.0734. The molecule has 0 amide bonds. The van der Waals surface area contributed by atoms with E-state index in [0.29, 0.717) is 28.3 Å². The molecular formula is C29H19IN4OS. The number of aromatic nitrogens is 4. The zero-order chi connectivity index (χ0) is 24.5. The van der Waals surface area contributed by atoms with Crippen molar-refractivity contribution in [3.63, 3.8) is 0 Å². The lowest BCUT2D eigenvalue weighted by atomic mass is 10.2. The van der Waals surface area contributed by atoms with Crippen molar-refractivity contribution in [3.05, 3.63) is 123 Å². The maximum atomic E-state index is 13.6. The molecule has 0 spiro atoms. The van der Waals surface area contributed by atoms with Gasteiger partial charge in [-0.25, -0.2) is 15.0 Å². The molecule has 0 N–H and O–H groups in total. The Bertz CT molecular complexity index is 1790. The first kappa shape index (κ1) is 22.9. The average molecular weight is 598 g/mol. The molecule has 0 bridgehead atoms. The van der Waals surface area contributed by atoms with Crippen molar-refractivity contribution in [3.8, 4) is 17.1 Å². The molecule has 6 aromatic rings. The van der Waals surface area contributed by atoms with E-state index in [2.05, 4.69) is 22.6 Å². The van der Waals surface area contributed by atoms with Gasteiger partial charge in [-0.1, -0.05) is 78.5 Å². The monoisotopic (exact) mass is 598 g/mol. The zero-order valence-electron chi connectivity index (χ0n) is 19.0. The third-order valence-electron chi connectivity index (χ3n) is 5.85. The van der Waals surface area contributed by atoms with Gasteiger partial charge in [-0.2, -0.15) is 0 Å². The number of halogens is 1. The second-order valence-corrected chi connectivity index (χ2v) is 10.4. The molecule has 0 fully saturated rings. The van der Waals surface area contributed by atoms with Crippen LogP contribution in [-0.4, -0.2) is 19.5 Å². The molecule has 0 aliphatic heterocycles. The molecule has 174 valence electrons. The Hall–Kier alpha value is -3.56. The maximum absolute atomic E-state index is 13.6. The Labute approximate surface area is 225 Å². The summed E-state index contributed by atoms with van der Waals surface area (Å²) in [6, 6.07) is 33.4. The summed E-state index contributed by atoms with van der Waals surface area (Å²) in [6.07, 6.45) is 0. The molecule has 0 radical (unpaired) electrons. The van der Waals surface area contributed by atoms with Crippen molar-refractivity contribution in [2.45, 2.75) is 10.8 Å². The fraction of sp³-hybridized carbons (Fsp3) is 0.0345. The van der Waals surface area contributed by atoms with Crippen molar-refractivity contribution in [2.24, 2.45) is 0 Å². The predicted octanol–water partition coefficient (Wildman–Crippen LogP) is 6.89. The van der Waals surface area contributed by atoms with Crippen molar-refractivity contribution in [1.82, 2.24) is 19.5 Å². The summed E-state index contributed by atoms with van der Waals surface area (Å²) in [5, 5.41) is 2.44. The number of hydrogen-bond donors (Lipinski definition) is 0. The highest BCUT2D eigenvalue weighted by atomic mass is 127. The van der Waals surface area contributed by atoms with Crippen LogP contribution in [0.4, 0.5) is 0 Å². The Morgan fingerprint density at radius 2 is 1.42 bits per heavy atom. The molecule has 2 aromatic heterocycles. The lowest BCUT2D eigenvalue weighted by Crippen LogP contribution is -2.23. The Morgan fingerprint density at radius 3 is 2.19 bits per heavy atom. The Kier molecular flexibility index (Phi) is 6.25. The predicted molar refractivity (Wildman–Crippen MR) is 155 cm³/mol. The summed E-state index contributed by atoms with van der Waals surface area (Å²) >= 11 is 3.83. The van der Waals surface area contributed by atoms with Gasteiger partial charge in [0, 0.05) is 14.5 Å². The van der Waals surface area contributed by atoms with E-state index in [4.69, 9.17) is 15.0 Å². The molecule has 0 saturated heterocycles. The number of hydrogen-bond acceptors (Lipinski definition) is 5. The molecule has 0 aliphatic carbocycles. The first-order valence-corrected chi connectivity index (χ1v) is 13.5. The van der Waals surface area contributed by atoms with Gasteiger partial charge >= 0.3 is 0 Å². The molecule has 6 rings (SSSR count). The summed E-state index contributed by atoms with van der Waals surface area (Å²) in [7, 11) is 0. The normalized spacial score (nSPS) is 11.2. The van der Waals surface area contributed by atoms with E-state index in [9.17, 15) is 4.79 Å². The highest BCUT2D eigenvalue weighted by Gasteiger charge is 2.16. The summed E-state index contributed by atoms with van der Waals surface area (Å²) in [4.78, 5) is 28.2. The van der Waals surface area contributed by atoms with Gasteiger partial charge in [0.1, 0.15) is 10.9 Å². The first-order valence-electron chi connectivity index (χ1n) is 11.4. The number of fused-ring (bicyclic) bond motifs is 2. The highest BCUT2D eigenvalue weighted by Crippen LogP contribution is 2.31. The van der Waals surface area contributed by atoms with Crippen LogP contribution in [0.25, 0.3) is 38.9 Å². The van der Waals surface area contributed by atoms with Gasteiger partial charge in [0.25, 0.3) is 5.56 Å². The van der Waals surface area contributed by atoms with E-state index in [1.807, 2.05) is 103 Å². The van der Waals surface area contributed by atoms with Crippen LogP contribution >= 0.6 is 34.4 Å². The largest absolute Gasteiger partial charge is 0.268 e. The first-order chi connectivity index (χ1) is 17.7. The molecule has 0 atom stereocenters. The SMILES string of the molecule is O=c1c2ccccc2nc(CSc2nc(-c3ccccc3)nc3ccccc23)n1-c1cccc(I)c1. The van der Waals surface area contributed by atoms with E-state index < -0.39 is 0 Å². The summed E-state index contributed by atoms with van der Waals surface area (Å²) in [5.41, 5.74) is 3.27. The van der Waals surface area contributed by atoms with E-state index in [1.165, 1.54) is 0 Å². The van der Waals surface area contributed by atoms with Crippen LogP contribution in [0.3, 0.4) is 0 Å². The third kappa shape index (κ3) is 4.40. The minimum atomic E-state index is -0.0734. The van der Waals surface area contributed by atoms with Crippen LogP contribution in [0, 0.1) is 3.57 Å². The molecule has 4 aromatic carbocycles. The zero-order valence-corrected chi connectivity index (χ0v) is 22.0. The van der Waals surface area contributed by atoms with Crippen LogP contribution in [0.15, 0.2) is 113 Å². The number of benzene rings is 4. The van der Waals surface area contributed by atoms with Crippen LogP contribution in [0.5, 0.6) is 0 Å². The molecule has 2 heterocycles. The third-order valence-corrected chi connectivity index (χ3v) is 7.51. The van der Waals surface area contributed by atoms with Crippen LogP contribution < -0.4 is 5.56 Å². The van der Waals surface area contributed by atoms with Crippen LogP contribution in [0.1, 0.15) is 5.82 Å². The highest BCUT2D eigenvalue weighted by molar-refractivity contribution is 14.1. The van der Waals surface area contributed by atoms with Crippen molar-refractivity contribution in [1.29, 1.82) is 0 Å².